The highest BCUT2D eigenvalue weighted by atomic mass is 16.5. The molecule has 1 fully saturated rings. The van der Waals surface area contributed by atoms with Crippen LogP contribution in [0.25, 0.3) is 0 Å². The molecular formula is C15H24N2O. The zero-order valence-corrected chi connectivity index (χ0v) is 11.9. The number of aryl methyl sites for hydroxylation is 1. The molecule has 1 heterocycles. The van der Waals surface area contributed by atoms with E-state index in [2.05, 4.69) is 44.1 Å². The lowest BCUT2D eigenvalue weighted by Crippen LogP contribution is -2.60. The summed E-state index contributed by atoms with van der Waals surface area (Å²) in [7, 11) is 0. The van der Waals surface area contributed by atoms with Gasteiger partial charge in [0.25, 0.3) is 0 Å². The normalized spacial score (nSPS) is 25.8. The molecular weight excluding hydrogens is 224 g/mol. The summed E-state index contributed by atoms with van der Waals surface area (Å²) in [5, 5.41) is 3.62. The van der Waals surface area contributed by atoms with Gasteiger partial charge >= 0.3 is 0 Å². The molecule has 0 amide bonds. The maximum Gasteiger partial charge on any atom is 0.0655 e. The molecule has 0 spiro atoms. The van der Waals surface area contributed by atoms with E-state index in [1.165, 1.54) is 11.1 Å². The zero-order valence-electron chi connectivity index (χ0n) is 11.9. The first-order chi connectivity index (χ1) is 8.54. The topological polar surface area (TPSA) is 34.1 Å². The first kappa shape index (κ1) is 13.5. The number of hydrogen-bond donors (Lipinski definition) is 1. The Balaban J connectivity index is 1.85. The van der Waals surface area contributed by atoms with E-state index >= 15 is 0 Å². The van der Waals surface area contributed by atoms with E-state index < -0.39 is 0 Å². The Kier molecular flexibility index (Phi) is 4.03. The fourth-order valence-corrected chi connectivity index (χ4v) is 2.67. The number of nitrogens with one attached hydrogen (secondary N) is 1. The van der Waals surface area contributed by atoms with E-state index in [4.69, 9.17) is 4.74 Å². The Morgan fingerprint density at radius 2 is 2.22 bits per heavy atom. The quantitative estimate of drug-likeness (QED) is 0.870. The lowest BCUT2D eigenvalue weighted by Gasteiger charge is -2.52. The molecule has 0 aliphatic heterocycles. The summed E-state index contributed by atoms with van der Waals surface area (Å²) < 4.78 is 5.74. The molecule has 0 saturated heterocycles. The highest BCUT2D eigenvalue weighted by Crippen LogP contribution is 2.42. The van der Waals surface area contributed by atoms with Crippen LogP contribution in [0.2, 0.25) is 0 Å². The van der Waals surface area contributed by atoms with Gasteiger partial charge in [0.1, 0.15) is 0 Å². The SMILES string of the molecule is CCOC1CC(NCc2cncc(C)c2)C1(C)C. The van der Waals surface area contributed by atoms with Crippen molar-refractivity contribution in [2.24, 2.45) is 5.41 Å². The van der Waals surface area contributed by atoms with Crippen LogP contribution in [0.1, 0.15) is 38.3 Å². The van der Waals surface area contributed by atoms with Gasteiger partial charge in [-0.05, 0) is 31.4 Å². The molecule has 1 aromatic rings. The van der Waals surface area contributed by atoms with Gasteiger partial charge in [-0.15, -0.1) is 0 Å². The maximum atomic E-state index is 5.74. The summed E-state index contributed by atoms with van der Waals surface area (Å²) in [6.07, 6.45) is 5.34. The van der Waals surface area contributed by atoms with Crippen LogP contribution in [-0.2, 0) is 11.3 Å². The van der Waals surface area contributed by atoms with E-state index in [0.29, 0.717) is 12.1 Å². The lowest BCUT2D eigenvalue weighted by molar-refractivity contribution is -0.114. The first-order valence-electron chi connectivity index (χ1n) is 6.79. The second-order valence-corrected chi connectivity index (χ2v) is 5.81. The molecule has 0 aromatic carbocycles. The molecule has 1 aliphatic carbocycles. The maximum absolute atomic E-state index is 5.74. The molecule has 3 nitrogen and oxygen atoms in total. The van der Waals surface area contributed by atoms with Gasteiger partial charge in [-0.25, -0.2) is 0 Å². The predicted molar refractivity (Wildman–Crippen MR) is 73.4 cm³/mol. The predicted octanol–water partition coefficient (Wildman–Crippen LogP) is 2.68. The van der Waals surface area contributed by atoms with Crippen molar-refractivity contribution in [2.75, 3.05) is 6.61 Å². The van der Waals surface area contributed by atoms with Crippen molar-refractivity contribution < 1.29 is 4.74 Å². The molecule has 3 heteroatoms. The number of aromatic nitrogens is 1. The van der Waals surface area contributed by atoms with Gasteiger partial charge in [-0.3, -0.25) is 4.98 Å². The van der Waals surface area contributed by atoms with Gasteiger partial charge in [-0.2, -0.15) is 0 Å². The molecule has 2 unspecified atom stereocenters. The largest absolute Gasteiger partial charge is 0.378 e. The average Bonchev–Trinajstić information content (AvgIpc) is 2.33. The molecule has 1 N–H and O–H groups in total. The fraction of sp³-hybridized carbons (Fsp3) is 0.667. The van der Waals surface area contributed by atoms with Crippen molar-refractivity contribution in [2.45, 2.75) is 52.8 Å². The van der Waals surface area contributed by atoms with Gasteiger partial charge in [0.15, 0.2) is 0 Å². The van der Waals surface area contributed by atoms with Crippen LogP contribution >= 0.6 is 0 Å². The highest BCUT2D eigenvalue weighted by molar-refractivity contribution is 5.17. The number of pyridine rings is 1. The van der Waals surface area contributed by atoms with Crippen molar-refractivity contribution >= 4 is 0 Å². The minimum atomic E-state index is 0.229. The smallest absolute Gasteiger partial charge is 0.0655 e. The Labute approximate surface area is 110 Å². The molecule has 1 aliphatic rings. The second-order valence-electron chi connectivity index (χ2n) is 5.81. The summed E-state index contributed by atoms with van der Waals surface area (Å²) in [5.74, 6) is 0. The third-order valence-electron chi connectivity index (χ3n) is 4.03. The monoisotopic (exact) mass is 248 g/mol. The molecule has 1 saturated carbocycles. The van der Waals surface area contributed by atoms with E-state index in [9.17, 15) is 0 Å². The Morgan fingerprint density at radius 3 is 2.83 bits per heavy atom. The number of nitrogens with zero attached hydrogens (tertiary/aromatic N) is 1. The third-order valence-corrected chi connectivity index (χ3v) is 4.03. The van der Waals surface area contributed by atoms with Crippen LogP contribution in [0.3, 0.4) is 0 Å². The Hall–Kier alpha value is -0.930. The van der Waals surface area contributed by atoms with Gasteiger partial charge in [0.2, 0.25) is 0 Å². The van der Waals surface area contributed by atoms with Crippen molar-refractivity contribution in [3.63, 3.8) is 0 Å². The van der Waals surface area contributed by atoms with Crippen LogP contribution in [0, 0.1) is 12.3 Å². The van der Waals surface area contributed by atoms with E-state index in [1.54, 1.807) is 0 Å². The molecule has 1 aromatic heterocycles. The molecule has 0 bridgehead atoms. The van der Waals surface area contributed by atoms with Crippen LogP contribution in [0.4, 0.5) is 0 Å². The van der Waals surface area contributed by atoms with E-state index in [-0.39, 0.29) is 5.41 Å². The van der Waals surface area contributed by atoms with E-state index in [1.807, 2.05) is 12.4 Å². The summed E-state index contributed by atoms with van der Waals surface area (Å²) >= 11 is 0. The van der Waals surface area contributed by atoms with E-state index in [0.717, 1.165) is 19.6 Å². The third kappa shape index (κ3) is 2.73. The number of hydrogen-bond acceptors (Lipinski definition) is 3. The average molecular weight is 248 g/mol. The number of ether oxygens (including phenoxy) is 1. The first-order valence-corrected chi connectivity index (χ1v) is 6.79. The minimum Gasteiger partial charge on any atom is -0.378 e. The van der Waals surface area contributed by atoms with Gasteiger partial charge in [0, 0.05) is 37.0 Å². The van der Waals surface area contributed by atoms with Gasteiger partial charge in [0.05, 0.1) is 6.10 Å². The minimum absolute atomic E-state index is 0.229. The van der Waals surface area contributed by atoms with Crippen LogP contribution in [0.15, 0.2) is 18.5 Å². The van der Waals surface area contributed by atoms with Crippen molar-refractivity contribution in [1.82, 2.24) is 10.3 Å². The molecule has 100 valence electrons. The van der Waals surface area contributed by atoms with Gasteiger partial charge < -0.3 is 10.1 Å². The summed E-state index contributed by atoms with van der Waals surface area (Å²) in [5.41, 5.74) is 2.70. The molecule has 0 radical (unpaired) electrons. The van der Waals surface area contributed by atoms with Crippen molar-refractivity contribution in [1.29, 1.82) is 0 Å². The molecule has 18 heavy (non-hydrogen) atoms. The van der Waals surface area contributed by atoms with Crippen molar-refractivity contribution in [3.8, 4) is 0 Å². The standard InChI is InChI=1S/C15H24N2O/c1-5-18-14-7-13(15(14,3)4)17-10-12-6-11(2)8-16-9-12/h6,8-9,13-14,17H,5,7,10H2,1-4H3. The molecule has 2 rings (SSSR count). The summed E-state index contributed by atoms with van der Waals surface area (Å²) in [4.78, 5) is 4.22. The lowest BCUT2D eigenvalue weighted by atomic mass is 9.64. The highest BCUT2D eigenvalue weighted by Gasteiger charge is 2.48. The fourth-order valence-electron chi connectivity index (χ4n) is 2.67. The number of rotatable bonds is 5. The van der Waals surface area contributed by atoms with Crippen LogP contribution in [0.5, 0.6) is 0 Å². The second kappa shape index (κ2) is 5.37. The van der Waals surface area contributed by atoms with Crippen LogP contribution in [-0.4, -0.2) is 23.7 Å². The summed E-state index contributed by atoms with van der Waals surface area (Å²) in [6.45, 7) is 10.4. The van der Waals surface area contributed by atoms with Crippen molar-refractivity contribution in [3.05, 3.63) is 29.6 Å². The Bertz CT molecular complexity index is 403. The van der Waals surface area contributed by atoms with Gasteiger partial charge in [-0.1, -0.05) is 19.9 Å². The zero-order chi connectivity index (χ0) is 13.2. The summed E-state index contributed by atoms with van der Waals surface area (Å²) in [6, 6.07) is 2.72. The molecule has 2 atom stereocenters. The van der Waals surface area contributed by atoms with Crippen LogP contribution < -0.4 is 5.32 Å². The Morgan fingerprint density at radius 1 is 1.44 bits per heavy atom.